The van der Waals surface area contributed by atoms with E-state index in [0.717, 1.165) is 6.42 Å². The molecule has 0 aromatic heterocycles. The smallest absolute Gasteiger partial charge is 0.321 e. The van der Waals surface area contributed by atoms with Gasteiger partial charge in [-0.1, -0.05) is 36.4 Å². The molecule has 0 radical (unpaired) electrons. The average molecular weight is 388 g/mol. The summed E-state index contributed by atoms with van der Waals surface area (Å²) in [7, 11) is -3.52. The molecule has 1 atom stereocenters. The normalized spacial score (nSPS) is 20.3. The van der Waals surface area contributed by atoms with E-state index in [1.807, 2.05) is 0 Å². The highest BCUT2D eigenvalue weighted by Crippen LogP contribution is 2.24. The quantitative estimate of drug-likeness (QED) is 0.843. The lowest BCUT2D eigenvalue weighted by molar-refractivity contribution is -0.000636. The number of carbonyl (C=O) groups is 1. The number of hydrogen-bond acceptors (Lipinski definition) is 4. The highest BCUT2D eigenvalue weighted by Gasteiger charge is 2.31. The number of benzene rings is 2. The van der Waals surface area contributed by atoms with Crippen molar-refractivity contribution >= 4 is 21.6 Å². The zero-order valence-electron chi connectivity index (χ0n) is 15.3. The zero-order chi connectivity index (χ0) is 19.5. The van der Waals surface area contributed by atoms with Crippen LogP contribution in [0.2, 0.25) is 0 Å². The third-order valence-electron chi connectivity index (χ3n) is 4.67. The number of anilines is 1. The molecule has 1 heterocycles. The van der Waals surface area contributed by atoms with Gasteiger partial charge in [0.25, 0.3) is 0 Å². The second kappa shape index (κ2) is 7.70. The van der Waals surface area contributed by atoms with Gasteiger partial charge in [0.05, 0.1) is 22.8 Å². The van der Waals surface area contributed by atoms with E-state index in [9.17, 15) is 18.3 Å². The minimum absolute atomic E-state index is 0.203. The lowest BCUT2D eigenvalue weighted by atomic mass is 9.95. The summed E-state index contributed by atoms with van der Waals surface area (Å²) in [6.45, 7) is 2.53. The van der Waals surface area contributed by atoms with E-state index in [-0.39, 0.29) is 23.2 Å². The van der Waals surface area contributed by atoms with Crippen LogP contribution in [0.3, 0.4) is 0 Å². The number of amides is 2. The standard InChI is InChI=1S/C20H24N2O4S/c1-20(24)12-7-13-22(15-20)19(23)21-18-11-6-5-8-16(18)14-27(25,26)17-9-3-2-4-10-17/h2-6,8-11,24H,7,12-15H2,1H3,(H,21,23). The van der Waals surface area contributed by atoms with Gasteiger partial charge in [-0.05, 0) is 43.5 Å². The minimum Gasteiger partial charge on any atom is -0.388 e. The minimum atomic E-state index is -3.52. The molecule has 1 fully saturated rings. The molecule has 0 spiro atoms. The summed E-state index contributed by atoms with van der Waals surface area (Å²) >= 11 is 0. The number of likely N-dealkylation sites (tertiary alicyclic amines) is 1. The third kappa shape index (κ3) is 4.87. The molecule has 1 aliphatic rings. The summed E-state index contributed by atoms with van der Waals surface area (Å²) in [6.07, 6.45) is 1.38. The molecule has 144 valence electrons. The fourth-order valence-corrected chi connectivity index (χ4v) is 4.67. The molecular formula is C20H24N2O4S. The van der Waals surface area contributed by atoms with Crippen LogP contribution in [0.1, 0.15) is 25.3 Å². The number of urea groups is 1. The van der Waals surface area contributed by atoms with Crippen molar-refractivity contribution in [1.29, 1.82) is 0 Å². The number of carbonyl (C=O) groups excluding carboxylic acids is 1. The third-order valence-corrected chi connectivity index (χ3v) is 6.35. The summed E-state index contributed by atoms with van der Waals surface area (Å²) in [5, 5.41) is 13.0. The van der Waals surface area contributed by atoms with E-state index in [1.165, 1.54) is 0 Å². The van der Waals surface area contributed by atoms with Crippen LogP contribution >= 0.6 is 0 Å². The van der Waals surface area contributed by atoms with Crippen molar-refractivity contribution in [2.24, 2.45) is 0 Å². The van der Waals surface area contributed by atoms with E-state index in [0.29, 0.717) is 24.2 Å². The van der Waals surface area contributed by atoms with Crippen molar-refractivity contribution in [3.63, 3.8) is 0 Å². The Morgan fingerprint density at radius 1 is 1.15 bits per heavy atom. The van der Waals surface area contributed by atoms with Gasteiger partial charge in [0.2, 0.25) is 0 Å². The summed E-state index contributed by atoms with van der Waals surface area (Å²) in [5.74, 6) is -0.203. The van der Waals surface area contributed by atoms with E-state index < -0.39 is 15.4 Å². The molecule has 6 nitrogen and oxygen atoms in total. The van der Waals surface area contributed by atoms with Crippen LogP contribution in [0.25, 0.3) is 0 Å². The summed E-state index contributed by atoms with van der Waals surface area (Å²) in [4.78, 5) is 14.4. The molecule has 0 aliphatic carbocycles. The van der Waals surface area contributed by atoms with Crippen LogP contribution in [-0.4, -0.2) is 43.1 Å². The Morgan fingerprint density at radius 3 is 2.52 bits per heavy atom. The monoisotopic (exact) mass is 388 g/mol. The van der Waals surface area contributed by atoms with Gasteiger partial charge in [-0.25, -0.2) is 13.2 Å². The van der Waals surface area contributed by atoms with E-state index >= 15 is 0 Å². The Hall–Kier alpha value is -2.38. The van der Waals surface area contributed by atoms with Crippen LogP contribution in [-0.2, 0) is 15.6 Å². The fraction of sp³-hybridized carbons (Fsp3) is 0.350. The molecule has 2 aromatic rings. The van der Waals surface area contributed by atoms with Gasteiger partial charge >= 0.3 is 6.03 Å². The van der Waals surface area contributed by atoms with Gasteiger partial charge in [-0.15, -0.1) is 0 Å². The van der Waals surface area contributed by atoms with Gasteiger partial charge in [0.1, 0.15) is 0 Å². The first-order valence-electron chi connectivity index (χ1n) is 8.91. The van der Waals surface area contributed by atoms with Crippen molar-refractivity contribution in [3.8, 4) is 0 Å². The molecule has 3 rings (SSSR count). The van der Waals surface area contributed by atoms with Crippen LogP contribution < -0.4 is 5.32 Å². The summed E-state index contributed by atoms with van der Waals surface area (Å²) < 4.78 is 25.3. The Balaban J connectivity index is 1.77. The Bertz CT molecular complexity index is 911. The fourth-order valence-electron chi connectivity index (χ4n) is 3.27. The van der Waals surface area contributed by atoms with Gasteiger partial charge in [0.15, 0.2) is 9.84 Å². The van der Waals surface area contributed by atoms with Crippen LogP contribution in [0.15, 0.2) is 59.5 Å². The van der Waals surface area contributed by atoms with Crippen molar-refractivity contribution in [1.82, 2.24) is 4.90 Å². The highest BCUT2D eigenvalue weighted by molar-refractivity contribution is 7.90. The average Bonchev–Trinajstić information content (AvgIpc) is 2.63. The number of aliphatic hydroxyl groups is 1. The maximum absolute atomic E-state index is 12.7. The molecule has 0 saturated carbocycles. The first kappa shape index (κ1) is 19.4. The predicted molar refractivity (Wildman–Crippen MR) is 104 cm³/mol. The maximum Gasteiger partial charge on any atom is 0.321 e. The molecule has 2 amide bonds. The topological polar surface area (TPSA) is 86.7 Å². The van der Waals surface area contributed by atoms with Crippen molar-refractivity contribution in [2.75, 3.05) is 18.4 Å². The van der Waals surface area contributed by atoms with E-state index in [2.05, 4.69) is 5.32 Å². The molecule has 27 heavy (non-hydrogen) atoms. The first-order chi connectivity index (χ1) is 12.8. The van der Waals surface area contributed by atoms with Gasteiger partial charge < -0.3 is 15.3 Å². The number of β-amino-alcohol motifs (C(OH)–C–C–N with tert-alkyl or cyclic N) is 1. The molecule has 1 aliphatic heterocycles. The number of nitrogens with one attached hydrogen (secondary N) is 1. The van der Waals surface area contributed by atoms with Crippen LogP contribution in [0, 0.1) is 0 Å². The number of nitrogens with zero attached hydrogens (tertiary/aromatic N) is 1. The molecule has 1 saturated heterocycles. The number of para-hydroxylation sites is 1. The molecule has 2 N–H and O–H groups in total. The molecule has 2 aromatic carbocycles. The Kier molecular flexibility index (Phi) is 5.53. The van der Waals surface area contributed by atoms with Crippen LogP contribution in [0.4, 0.5) is 10.5 Å². The first-order valence-corrected chi connectivity index (χ1v) is 10.6. The Morgan fingerprint density at radius 2 is 1.81 bits per heavy atom. The number of piperidine rings is 1. The molecular weight excluding hydrogens is 364 g/mol. The maximum atomic E-state index is 12.7. The van der Waals surface area contributed by atoms with Crippen molar-refractivity contribution in [3.05, 3.63) is 60.2 Å². The lowest BCUT2D eigenvalue weighted by Gasteiger charge is -2.36. The van der Waals surface area contributed by atoms with Crippen molar-refractivity contribution < 1.29 is 18.3 Å². The van der Waals surface area contributed by atoms with Gasteiger partial charge in [-0.2, -0.15) is 0 Å². The molecule has 1 unspecified atom stereocenters. The Labute approximate surface area is 159 Å². The highest BCUT2D eigenvalue weighted by atomic mass is 32.2. The predicted octanol–water partition coefficient (Wildman–Crippen LogP) is 3.04. The number of rotatable bonds is 4. The summed E-state index contributed by atoms with van der Waals surface area (Å²) in [5.41, 5.74) is 0.0943. The van der Waals surface area contributed by atoms with Gasteiger partial charge in [-0.3, -0.25) is 0 Å². The zero-order valence-corrected chi connectivity index (χ0v) is 16.1. The summed E-state index contributed by atoms with van der Waals surface area (Å²) in [6, 6.07) is 14.8. The number of sulfone groups is 1. The van der Waals surface area contributed by atoms with Gasteiger partial charge in [0, 0.05) is 12.2 Å². The largest absolute Gasteiger partial charge is 0.388 e. The molecule has 7 heteroatoms. The second-order valence-corrected chi connectivity index (χ2v) is 9.17. The lowest BCUT2D eigenvalue weighted by Crippen LogP contribution is -2.50. The number of hydrogen-bond donors (Lipinski definition) is 2. The van der Waals surface area contributed by atoms with Crippen LogP contribution in [0.5, 0.6) is 0 Å². The van der Waals surface area contributed by atoms with Crippen molar-refractivity contribution in [2.45, 2.75) is 36.0 Å². The van der Waals surface area contributed by atoms with E-state index in [1.54, 1.807) is 66.4 Å². The molecule has 0 bridgehead atoms. The van der Waals surface area contributed by atoms with E-state index in [4.69, 9.17) is 0 Å². The SMILES string of the molecule is CC1(O)CCCN(C(=O)Nc2ccccc2CS(=O)(=O)c2ccccc2)C1. The second-order valence-electron chi connectivity index (χ2n) is 7.18.